The molecule has 1 aliphatic heterocycles. The van der Waals surface area contributed by atoms with Crippen LogP contribution in [-0.2, 0) is 6.54 Å². The molecule has 1 heterocycles. The van der Waals surface area contributed by atoms with Crippen LogP contribution in [0.25, 0.3) is 0 Å². The Balaban J connectivity index is 1.96. The second-order valence-corrected chi connectivity index (χ2v) is 6.40. The van der Waals surface area contributed by atoms with Crippen molar-refractivity contribution in [3.8, 4) is 11.5 Å². The van der Waals surface area contributed by atoms with Crippen molar-refractivity contribution in [2.75, 3.05) is 33.3 Å². The van der Waals surface area contributed by atoms with E-state index in [9.17, 15) is 5.11 Å². The number of phenols is 1. The maximum atomic E-state index is 10.1. The first kappa shape index (κ1) is 15.1. The number of benzene rings is 1. The van der Waals surface area contributed by atoms with E-state index in [2.05, 4.69) is 30.6 Å². The van der Waals surface area contributed by atoms with Gasteiger partial charge in [0.05, 0.1) is 7.11 Å². The van der Waals surface area contributed by atoms with Gasteiger partial charge in [-0.3, -0.25) is 9.80 Å². The molecule has 0 aromatic heterocycles. The Morgan fingerprint density at radius 3 is 2.35 bits per heavy atom. The molecule has 0 unspecified atom stereocenters. The quantitative estimate of drug-likeness (QED) is 0.920. The van der Waals surface area contributed by atoms with Gasteiger partial charge in [0.25, 0.3) is 0 Å². The molecule has 0 spiro atoms. The van der Waals surface area contributed by atoms with Crippen molar-refractivity contribution < 1.29 is 9.84 Å². The van der Waals surface area contributed by atoms with Crippen LogP contribution in [0.15, 0.2) is 18.2 Å². The lowest BCUT2D eigenvalue weighted by Crippen LogP contribution is -2.53. The molecule has 20 heavy (non-hydrogen) atoms. The number of ether oxygens (including phenoxy) is 1. The van der Waals surface area contributed by atoms with Crippen LogP contribution < -0.4 is 4.74 Å². The number of methoxy groups -OCH3 is 1. The van der Waals surface area contributed by atoms with E-state index in [0.29, 0.717) is 5.75 Å². The molecular formula is C16H26N2O2. The molecule has 0 aliphatic carbocycles. The first-order valence-corrected chi connectivity index (χ1v) is 7.24. The summed E-state index contributed by atoms with van der Waals surface area (Å²) in [4.78, 5) is 4.89. The molecule has 0 bridgehead atoms. The van der Waals surface area contributed by atoms with E-state index in [1.165, 1.54) is 0 Å². The zero-order valence-electron chi connectivity index (χ0n) is 13.0. The number of phenolic OH excluding ortho intramolecular Hbond substituents is 1. The standard InChI is InChI=1S/C16H26N2O2/c1-16(2,3)18-10-8-17(9-11-18)12-13-6-5-7-14(20-4)15(13)19/h5-7,19H,8-12H2,1-4H3. The number of para-hydroxylation sites is 1. The molecule has 4 heteroatoms. The summed E-state index contributed by atoms with van der Waals surface area (Å²) in [7, 11) is 1.58. The van der Waals surface area contributed by atoms with Gasteiger partial charge in [-0.15, -0.1) is 0 Å². The molecule has 1 aromatic rings. The summed E-state index contributed by atoms with van der Waals surface area (Å²) < 4.78 is 5.16. The van der Waals surface area contributed by atoms with Crippen LogP contribution in [0, 0.1) is 0 Å². The summed E-state index contributed by atoms with van der Waals surface area (Å²) in [6.45, 7) is 11.8. The summed E-state index contributed by atoms with van der Waals surface area (Å²) in [6, 6.07) is 5.68. The number of hydrogen-bond donors (Lipinski definition) is 1. The van der Waals surface area contributed by atoms with Gasteiger partial charge in [-0.05, 0) is 26.8 Å². The maximum Gasteiger partial charge on any atom is 0.162 e. The zero-order valence-corrected chi connectivity index (χ0v) is 13.0. The third kappa shape index (κ3) is 3.44. The van der Waals surface area contributed by atoms with Crippen LogP contribution in [0.2, 0.25) is 0 Å². The zero-order chi connectivity index (χ0) is 14.8. The van der Waals surface area contributed by atoms with Crippen LogP contribution in [-0.4, -0.2) is 53.7 Å². The highest BCUT2D eigenvalue weighted by Gasteiger charge is 2.26. The van der Waals surface area contributed by atoms with Gasteiger partial charge in [0.15, 0.2) is 11.5 Å². The molecule has 1 fully saturated rings. The number of hydrogen-bond acceptors (Lipinski definition) is 4. The van der Waals surface area contributed by atoms with Crippen LogP contribution in [0.1, 0.15) is 26.3 Å². The smallest absolute Gasteiger partial charge is 0.162 e. The molecule has 0 saturated carbocycles. The lowest BCUT2D eigenvalue weighted by molar-refractivity contribution is 0.0587. The van der Waals surface area contributed by atoms with Crippen LogP contribution in [0.4, 0.5) is 0 Å². The SMILES string of the molecule is COc1cccc(CN2CCN(C(C)(C)C)CC2)c1O. The highest BCUT2D eigenvalue weighted by molar-refractivity contribution is 5.45. The van der Waals surface area contributed by atoms with Crippen molar-refractivity contribution in [3.63, 3.8) is 0 Å². The normalized spacial score (nSPS) is 18.2. The third-order valence-corrected chi connectivity index (χ3v) is 4.02. The molecule has 0 radical (unpaired) electrons. The van der Waals surface area contributed by atoms with E-state index in [1.807, 2.05) is 12.1 Å². The molecule has 4 nitrogen and oxygen atoms in total. The Morgan fingerprint density at radius 1 is 1.15 bits per heavy atom. The first-order valence-electron chi connectivity index (χ1n) is 7.24. The fraction of sp³-hybridized carbons (Fsp3) is 0.625. The number of aromatic hydroxyl groups is 1. The fourth-order valence-electron chi connectivity index (χ4n) is 2.68. The number of piperazine rings is 1. The van der Waals surface area contributed by atoms with Crippen LogP contribution >= 0.6 is 0 Å². The van der Waals surface area contributed by atoms with Gasteiger partial charge < -0.3 is 9.84 Å². The summed E-state index contributed by atoms with van der Waals surface area (Å²) in [5.41, 5.74) is 1.18. The molecular weight excluding hydrogens is 252 g/mol. The summed E-state index contributed by atoms with van der Waals surface area (Å²) in [5, 5.41) is 10.1. The summed E-state index contributed by atoms with van der Waals surface area (Å²) in [6.07, 6.45) is 0. The minimum absolute atomic E-state index is 0.240. The van der Waals surface area contributed by atoms with Crippen LogP contribution in [0.5, 0.6) is 11.5 Å². The van der Waals surface area contributed by atoms with Gasteiger partial charge in [0.1, 0.15) is 0 Å². The van der Waals surface area contributed by atoms with Gasteiger partial charge in [-0.1, -0.05) is 12.1 Å². The van der Waals surface area contributed by atoms with E-state index in [-0.39, 0.29) is 11.3 Å². The van der Waals surface area contributed by atoms with Crippen molar-refractivity contribution in [3.05, 3.63) is 23.8 Å². The average molecular weight is 278 g/mol. The molecule has 112 valence electrons. The number of rotatable bonds is 3. The monoisotopic (exact) mass is 278 g/mol. The molecule has 1 aliphatic rings. The van der Waals surface area contributed by atoms with Crippen LogP contribution in [0.3, 0.4) is 0 Å². The molecule has 0 atom stereocenters. The number of nitrogens with zero attached hydrogens (tertiary/aromatic N) is 2. The van der Waals surface area contributed by atoms with Gasteiger partial charge in [-0.25, -0.2) is 0 Å². The topological polar surface area (TPSA) is 35.9 Å². The third-order valence-electron chi connectivity index (χ3n) is 4.02. The predicted molar refractivity (Wildman–Crippen MR) is 81.3 cm³/mol. The van der Waals surface area contributed by atoms with E-state index in [1.54, 1.807) is 13.2 Å². The van der Waals surface area contributed by atoms with E-state index in [0.717, 1.165) is 38.3 Å². The largest absolute Gasteiger partial charge is 0.504 e. The Labute approximate surface area is 122 Å². The van der Waals surface area contributed by atoms with Gasteiger partial charge in [0.2, 0.25) is 0 Å². The second-order valence-electron chi connectivity index (χ2n) is 6.40. The Kier molecular flexibility index (Phi) is 4.55. The molecule has 2 rings (SSSR count). The van der Waals surface area contributed by atoms with Crippen molar-refractivity contribution in [2.24, 2.45) is 0 Å². The van der Waals surface area contributed by atoms with Crippen molar-refractivity contribution >= 4 is 0 Å². The van der Waals surface area contributed by atoms with Gasteiger partial charge in [0, 0.05) is 43.8 Å². The lowest BCUT2D eigenvalue weighted by Gasteiger charge is -2.42. The Bertz CT molecular complexity index is 446. The maximum absolute atomic E-state index is 10.1. The lowest BCUT2D eigenvalue weighted by atomic mass is 10.0. The van der Waals surface area contributed by atoms with E-state index >= 15 is 0 Å². The Morgan fingerprint density at radius 2 is 1.80 bits per heavy atom. The molecule has 0 amide bonds. The molecule has 1 N–H and O–H groups in total. The highest BCUT2D eigenvalue weighted by Crippen LogP contribution is 2.30. The minimum Gasteiger partial charge on any atom is -0.504 e. The predicted octanol–water partition coefficient (Wildman–Crippen LogP) is 2.32. The van der Waals surface area contributed by atoms with Gasteiger partial charge in [-0.2, -0.15) is 0 Å². The van der Waals surface area contributed by atoms with Gasteiger partial charge >= 0.3 is 0 Å². The molecule has 1 aromatic carbocycles. The minimum atomic E-state index is 0.240. The van der Waals surface area contributed by atoms with Crippen molar-refractivity contribution in [1.82, 2.24) is 9.80 Å². The molecule has 1 saturated heterocycles. The second kappa shape index (κ2) is 6.02. The summed E-state index contributed by atoms with van der Waals surface area (Å²) >= 11 is 0. The average Bonchev–Trinajstić information content (AvgIpc) is 2.41. The van der Waals surface area contributed by atoms with Crippen molar-refractivity contribution in [1.29, 1.82) is 0 Å². The van der Waals surface area contributed by atoms with Crippen molar-refractivity contribution in [2.45, 2.75) is 32.9 Å². The first-order chi connectivity index (χ1) is 9.41. The Hall–Kier alpha value is -1.26. The van der Waals surface area contributed by atoms with E-state index in [4.69, 9.17) is 4.74 Å². The fourth-order valence-corrected chi connectivity index (χ4v) is 2.68. The summed E-state index contributed by atoms with van der Waals surface area (Å²) in [5.74, 6) is 0.823. The van der Waals surface area contributed by atoms with E-state index < -0.39 is 0 Å². The highest BCUT2D eigenvalue weighted by atomic mass is 16.5.